The zero-order valence-corrected chi connectivity index (χ0v) is 4.39. The van der Waals surface area contributed by atoms with Crippen molar-refractivity contribution in [2.45, 2.75) is 6.23 Å². The van der Waals surface area contributed by atoms with Gasteiger partial charge in [-0.25, -0.2) is 0 Å². The van der Waals surface area contributed by atoms with Crippen molar-refractivity contribution in [2.75, 3.05) is 6.54 Å². The molecule has 1 heterocycles. The van der Waals surface area contributed by atoms with Crippen LogP contribution >= 0.6 is 0 Å². The molecular weight excluding hydrogens is 106 g/mol. The summed E-state index contributed by atoms with van der Waals surface area (Å²) < 4.78 is 4.64. The number of carbonyl (C=O) groups excluding carboxylic acids is 1. The number of hydrogen-bond acceptors (Lipinski definition) is 3. The van der Waals surface area contributed by atoms with E-state index in [1.165, 1.54) is 0 Å². The van der Waals surface area contributed by atoms with Gasteiger partial charge in [0.15, 0.2) is 6.23 Å². The molecule has 1 atom stereocenters. The maximum atomic E-state index is 10.3. The molecule has 1 saturated heterocycles. The second-order valence-corrected chi connectivity index (χ2v) is 1.53. The van der Waals surface area contributed by atoms with E-state index in [1.54, 1.807) is 6.08 Å². The van der Waals surface area contributed by atoms with Crippen LogP contribution in [-0.4, -0.2) is 18.7 Å². The fourth-order valence-corrected chi connectivity index (χ4v) is 0.540. The van der Waals surface area contributed by atoms with Gasteiger partial charge in [0.1, 0.15) is 0 Å². The van der Waals surface area contributed by atoms with E-state index in [0.29, 0.717) is 6.54 Å². The fourth-order valence-electron chi connectivity index (χ4n) is 0.540. The second-order valence-electron chi connectivity index (χ2n) is 1.53. The average Bonchev–Trinajstić information content (AvgIpc) is 2.14. The van der Waals surface area contributed by atoms with Gasteiger partial charge >= 0.3 is 5.97 Å². The predicted octanol–water partition coefficient (Wildman–Crippen LogP) is -0.355. The van der Waals surface area contributed by atoms with E-state index < -0.39 is 0 Å². The van der Waals surface area contributed by atoms with E-state index in [2.05, 4.69) is 16.6 Å². The van der Waals surface area contributed by atoms with Crippen molar-refractivity contribution in [3.05, 3.63) is 12.7 Å². The predicted molar refractivity (Wildman–Crippen MR) is 28.1 cm³/mol. The number of rotatable bonds is 1. The lowest BCUT2D eigenvalue weighted by molar-refractivity contribution is -0.139. The van der Waals surface area contributed by atoms with E-state index in [9.17, 15) is 4.79 Å². The molecule has 0 aromatic carbocycles. The molecule has 1 aliphatic heterocycles. The van der Waals surface area contributed by atoms with Crippen LogP contribution in [0.2, 0.25) is 0 Å². The van der Waals surface area contributed by atoms with E-state index in [0.717, 1.165) is 0 Å². The fraction of sp³-hybridized carbons (Fsp3) is 0.400. The second kappa shape index (κ2) is 1.96. The summed E-state index contributed by atoms with van der Waals surface area (Å²) in [7, 11) is 0. The standard InChI is InChI=1S/C5H7NO2/c1-2-4-6-3-5(7)8-4/h2,4,6H,1,3H2. The van der Waals surface area contributed by atoms with Crippen LogP contribution in [0, 0.1) is 0 Å². The molecule has 0 spiro atoms. The number of hydrogen-bond donors (Lipinski definition) is 1. The third-order valence-corrected chi connectivity index (χ3v) is 0.920. The maximum absolute atomic E-state index is 10.3. The van der Waals surface area contributed by atoms with E-state index in [-0.39, 0.29) is 12.2 Å². The van der Waals surface area contributed by atoms with Gasteiger partial charge in [-0.1, -0.05) is 6.58 Å². The summed E-state index contributed by atoms with van der Waals surface area (Å²) in [4.78, 5) is 10.3. The van der Waals surface area contributed by atoms with Gasteiger partial charge in [0, 0.05) is 0 Å². The lowest BCUT2D eigenvalue weighted by Crippen LogP contribution is -2.18. The monoisotopic (exact) mass is 113 g/mol. The molecule has 0 saturated carbocycles. The summed E-state index contributed by atoms with van der Waals surface area (Å²) in [5.74, 6) is -0.213. The van der Waals surface area contributed by atoms with Crippen LogP contribution in [0.4, 0.5) is 0 Å². The molecule has 1 N–H and O–H groups in total. The molecule has 0 amide bonds. The Morgan fingerprint density at radius 3 is 3.00 bits per heavy atom. The number of ether oxygens (including phenoxy) is 1. The molecule has 1 aliphatic rings. The third kappa shape index (κ3) is 0.869. The molecule has 1 fully saturated rings. The van der Waals surface area contributed by atoms with Crippen molar-refractivity contribution in [2.24, 2.45) is 0 Å². The van der Waals surface area contributed by atoms with Crippen molar-refractivity contribution in [3.8, 4) is 0 Å². The molecule has 3 nitrogen and oxygen atoms in total. The molecule has 8 heavy (non-hydrogen) atoms. The van der Waals surface area contributed by atoms with E-state index >= 15 is 0 Å². The summed E-state index contributed by atoms with van der Waals surface area (Å²) in [6, 6.07) is 0. The third-order valence-electron chi connectivity index (χ3n) is 0.920. The highest BCUT2D eigenvalue weighted by Crippen LogP contribution is 1.95. The highest BCUT2D eigenvalue weighted by Gasteiger charge is 2.17. The van der Waals surface area contributed by atoms with Crippen LogP contribution in [0.15, 0.2) is 12.7 Å². The number of esters is 1. The smallest absolute Gasteiger partial charge is 0.321 e. The van der Waals surface area contributed by atoms with Gasteiger partial charge in [0.2, 0.25) is 0 Å². The first-order chi connectivity index (χ1) is 3.83. The Hall–Kier alpha value is -0.830. The topological polar surface area (TPSA) is 38.3 Å². The van der Waals surface area contributed by atoms with Gasteiger partial charge in [0.05, 0.1) is 6.54 Å². The first-order valence-electron chi connectivity index (χ1n) is 2.38. The minimum Gasteiger partial charge on any atom is -0.442 e. The minimum atomic E-state index is -0.262. The summed E-state index contributed by atoms with van der Waals surface area (Å²) in [6.07, 6.45) is 1.28. The molecular formula is C5H7NO2. The molecule has 1 unspecified atom stereocenters. The van der Waals surface area contributed by atoms with Gasteiger partial charge in [-0.15, -0.1) is 0 Å². The average molecular weight is 113 g/mol. The SMILES string of the molecule is C=CC1NCC(=O)O1. The summed E-state index contributed by atoms with van der Waals surface area (Å²) in [5.41, 5.74) is 0. The van der Waals surface area contributed by atoms with Crippen LogP contribution in [-0.2, 0) is 9.53 Å². The largest absolute Gasteiger partial charge is 0.442 e. The van der Waals surface area contributed by atoms with E-state index in [1.807, 2.05) is 0 Å². The van der Waals surface area contributed by atoms with Gasteiger partial charge in [-0.05, 0) is 6.08 Å². The van der Waals surface area contributed by atoms with Crippen LogP contribution in [0.5, 0.6) is 0 Å². The summed E-state index contributed by atoms with van der Waals surface area (Å²) in [6.45, 7) is 3.74. The van der Waals surface area contributed by atoms with Crippen LogP contribution in [0.25, 0.3) is 0 Å². The molecule has 0 radical (unpaired) electrons. The lowest BCUT2D eigenvalue weighted by atomic mass is 10.6. The molecule has 0 aliphatic carbocycles. The quantitative estimate of drug-likeness (QED) is 0.373. The van der Waals surface area contributed by atoms with Crippen LogP contribution in [0.3, 0.4) is 0 Å². The Balaban J connectivity index is 2.43. The zero-order valence-electron chi connectivity index (χ0n) is 4.39. The molecule has 44 valence electrons. The van der Waals surface area contributed by atoms with Gasteiger partial charge < -0.3 is 4.74 Å². The van der Waals surface area contributed by atoms with Gasteiger partial charge in [-0.2, -0.15) is 0 Å². The van der Waals surface area contributed by atoms with Crippen LogP contribution < -0.4 is 5.32 Å². The molecule has 1 rings (SSSR count). The normalized spacial score (nSPS) is 27.5. The number of cyclic esters (lactones) is 1. The zero-order chi connectivity index (χ0) is 5.98. The highest BCUT2D eigenvalue weighted by molar-refractivity contribution is 5.73. The van der Waals surface area contributed by atoms with Crippen molar-refractivity contribution in [3.63, 3.8) is 0 Å². The molecule has 3 heteroatoms. The van der Waals surface area contributed by atoms with Crippen LogP contribution in [0.1, 0.15) is 0 Å². The maximum Gasteiger partial charge on any atom is 0.321 e. The Bertz CT molecular complexity index is 122. The van der Waals surface area contributed by atoms with Gasteiger partial charge in [0.25, 0.3) is 0 Å². The Morgan fingerprint density at radius 2 is 2.75 bits per heavy atom. The Labute approximate surface area is 47.3 Å². The molecule has 0 aromatic rings. The van der Waals surface area contributed by atoms with Gasteiger partial charge in [-0.3, -0.25) is 10.1 Å². The summed E-state index contributed by atoms with van der Waals surface area (Å²) in [5, 5.41) is 2.77. The number of nitrogens with one attached hydrogen (secondary N) is 1. The first kappa shape index (κ1) is 5.31. The molecule has 0 aromatic heterocycles. The Kier molecular flexibility index (Phi) is 1.30. The van der Waals surface area contributed by atoms with Crippen molar-refractivity contribution >= 4 is 5.97 Å². The van der Waals surface area contributed by atoms with Crippen molar-refractivity contribution in [1.29, 1.82) is 0 Å². The van der Waals surface area contributed by atoms with E-state index in [4.69, 9.17) is 0 Å². The van der Waals surface area contributed by atoms with Crippen molar-refractivity contribution in [1.82, 2.24) is 5.32 Å². The lowest BCUT2D eigenvalue weighted by Gasteiger charge is -1.98. The first-order valence-corrected chi connectivity index (χ1v) is 2.38. The van der Waals surface area contributed by atoms with Crippen molar-refractivity contribution < 1.29 is 9.53 Å². The highest BCUT2D eigenvalue weighted by atomic mass is 16.6. The summed E-state index contributed by atoms with van der Waals surface area (Å²) >= 11 is 0. The molecule has 0 bridgehead atoms. The minimum absolute atomic E-state index is 0.213. The Morgan fingerprint density at radius 1 is 2.00 bits per heavy atom. The number of carbonyl (C=O) groups is 1.